The summed E-state index contributed by atoms with van der Waals surface area (Å²) < 4.78 is 0. The zero-order chi connectivity index (χ0) is 18.7. The maximum atomic E-state index is 12.9. The minimum absolute atomic E-state index is 0.0245. The molecule has 5 nitrogen and oxygen atoms in total. The van der Waals surface area contributed by atoms with Crippen LogP contribution in [0.3, 0.4) is 0 Å². The molecular weight excluding hydrogens is 334 g/mol. The molecule has 0 saturated heterocycles. The summed E-state index contributed by atoms with van der Waals surface area (Å²) in [4.78, 5) is 31.3. The van der Waals surface area contributed by atoms with Gasteiger partial charge in [-0.05, 0) is 26.2 Å². The van der Waals surface area contributed by atoms with E-state index in [1.165, 1.54) is 11.3 Å². The van der Waals surface area contributed by atoms with E-state index in [0.717, 1.165) is 50.6 Å². The first-order chi connectivity index (χ1) is 12.0. The Labute approximate surface area is 156 Å². The molecule has 0 fully saturated rings. The summed E-state index contributed by atoms with van der Waals surface area (Å²) in [5.41, 5.74) is 0.891. The zero-order valence-electron chi connectivity index (χ0n) is 16.1. The van der Waals surface area contributed by atoms with E-state index in [1.807, 2.05) is 12.3 Å². The highest BCUT2D eigenvalue weighted by Crippen LogP contribution is 2.18. The van der Waals surface area contributed by atoms with Crippen molar-refractivity contribution in [3.8, 4) is 0 Å². The maximum absolute atomic E-state index is 12.9. The fourth-order valence-corrected chi connectivity index (χ4v) is 3.48. The summed E-state index contributed by atoms with van der Waals surface area (Å²) in [5.74, 6) is -0.0152. The molecule has 1 aromatic rings. The van der Waals surface area contributed by atoms with Gasteiger partial charge in [0.05, 0.1) is 12.2 Å². The molecule has 25 heavy (non-hydrogen) atoms. The molecule has 1 aromatic heterocycles. The monoisotopic (exact) mass is 367 g/mol. The molecule has 1 rings (SSSR count). The van der Waals surface area contributed by atoms with E-state index in [1.54, 1.807) is 4.90 Å². The number of nitrogens with zero attached hydrogens (tertiary/aromatic N) is 2. The van der Waals surface area contributed by atoms with Gasteiger partial charge in [-0.15, -0.1) is 11.3 Å². The number of carbonyl (C=O) groups is 2. The lowest BCUT2D eigenvalue weighted by Crippen LogP contribution is -2.42. The molecule has 1 N–H and O–H groups in total. The molecule has 2 amide bonds. The lowest BCUT2D eigenvalue weighted by Gasteiger charge is -2.26. The topological polar surface area (TPSA) is 62.3 Å². The molecule has 0 aliphatic carbocycles. The van der Waals surface area contributed by atoms with Crippen LogP contribution in [-0.4, -0.2) is 34.8 Å². The Hall–Kier alpha value is -1.43. The first-order valence-corrected chi connectivity index (χ1v) is 10.4. The number of carbonyl (C=O) groups excluding carboxylic acids is 2. The molecule has 1 heterocycles. The summed E-state index contributed by atoms with van der Waals surface area (Å²) in [7, 11) is 0. The van der Waals surface area contributed by atoms with Gasteiger partial charge in [0.25, 0.3) is 0 Å². The predicted molar refractivity (Wildman–Crippen MR) is 105 cm³/mol. The second-order valence-corrected chi connectivity index (χ2v) is 7.41. The largest absolute Gasteiger partial charge is 0.333 e. The van der Waals surface area contributed by atoms with Crippen molar-refractivity contribution < 1.29 is 9.59 Å². The Kier molecular flexibility index (Phi) is 10.4. The van der Waals surface area contributed by atoms with E-state index < -0.39 is 0 Å². The van der Waals surface area contributed by atoms with E-state index in [-0.39, 0.29) is 24.3 Å². The molecule has 0 radical (unpaired) electrons. The molecule has 0 unspecified atom stereocenters. The van der Waals surface area contributed by atoms with Crippen molar-refractivity contribution in [2.24, 2.45) is 5.92 Å². The summed E-state index contributed by atoms with van der Waals surface area (Å²) in [6, 6.07) is 0. The quantitative estimate of drug-likeness (QED) is 0.548. The van der Waals surface area contributed by atoms with Crippen molar-refractivity contribution in [1.29, 1.82) is 0 Å². The minimum Gasteiger partial charge on any atom is -0.333 e. The van der Waals surface area contributed by atoms with Gasteiger partial charge in [0, 0.05) is 17.8 Å². The van der Waals surface area contributed by atoms with Crippen molar-refractivity contribution in [3.05, 3.63) is 11.1 Å². The van der Waals surface area contributed by atoms with E-state index in [2.05, 4.69) is 31.1 Å². The molecule has 1 atom stereocenters. The van der Waals surface area contributed by atoms with Crippen LogP contribution < -0.4 is 5.32 Å². The van der Waals surface area contributed by atoms with Crippen LogP contribution in [0.5, 0.6) is 0 Å². The van der Waals surface area contributed by atoms with Gasteiger partial charge in [0.1, 0.15) is 0 Å². The molecule has 0 spiro atoms. The van der Waals surface area contributed by atoms with Gasteiger partial charge in [-0.2, -0.15) is 0 Å². The third kappa shape index (κ3) is 7.99. The van der Waals surface area contributed by atoms with Crippen LogP contribution in [0.25, 0.3) is 0 Å². The van der Waals surface area contributed by atoms with E-state index >= 15 is 0 Å². The lowest BCUT2D eigenvalue weighted by molar-refractivity contribution is -0.138. The first-order valence-electron chi connectivity index (χ1n) is 9.52. The summed E-state index contributed by atoms with van der Waals surface area (Å²) in [6.45, 7) is 9.00. The Morgan fingerprint density at radius 1 is 1.20 bits per heavy atom. The van der Waals surface area contributed by atoms with Gasteiger partial charge in [-0.3, -0.25) is 9.59 Å². The van der Waals surface area contributed by atoms with Gasteiger partial charge in [0.15, 0.2) is 5.13 Å². The Bertz CT molecular complexity index is 530. The number of aromatic nitrogens is 1. The van der Waals surface area contributed by atoms with Gasteiger partial charge in [0.2, 0.25) is 11.8 Å². The average Bonchev–Trinajstić information content (AvgIpc) is 2.99. The number of nitrogens with one attached hydrogen (secondary N) is 1. The maximum Gasteiger partial charge on any atom is 0.245 e. The van der Waals surface area contributed by atoms with Gasteiger partial charge >= 0.3 is 0 Å². The smallest absolute Gasteiger partial charge is 0.245 e. The fourth-order valence-electron chi connectivity index (χ4n) is 2.77. The van der Waals surface area contributed by atoms with Crippen LogP contribution >= 0.6 is 11.3 Å². The molecular formula is C19H33N3O2S. The number of anilines is 1. The van der Waals surface area contributed by atoms with Crippen LogP contribution in [0.1, 0.15) is 71.4 Å². The van der Waals surface area contributed by atoms with Crippen LogP contribution in [-0.2, 0) is 9.59 Å². The van der Waals surface area contributed by atoms with E-state index in [0.29, 0.717) is 11.7 Å². The van der Waals surface area contributed by atoms with Gasteiger partial charge in [-0.1, -0.05) is 46.5 Å². The number of hydrogen-bond acceptors (Lipinski definition) is 4. The molecule has 0 aromatic carbocycles. The number of aryl methyl sites for hydroxylation is 1. The predicted octanol–water partition coefficient (Wildman–Crippen LogP) is 4.63. The van der Waals surface area contributed by atoms with Gasteiger partial charge < -0.3 is 10.2 Å². The first kappa shape index (κ1) is 21.6. The van der Waals surface area contributed by atoms with E-state index in [9.17, 15) is 9.59 Å². The Morgan fingerprint density at radius 2 is 1.92 bits per heavy atom. The lowest BCUT2D eigenvalue weighted by atomic mass is 9.97. The van der Waals surface area contributed by atoms with Crippen molar-refractivity contribution in [2.45, 2.75) is 72.6 Å². The standard InChI is InChI=1S/C19H33N3O2S/c1-5-8-10-12-22(18(24)16(7-3)11-9-6-2)13-17(23)21-19-20-15(4)14-25-19/h14,16H,5-13H2,1-4H3,(H,20,21,23)/t16-/m0/s1. The van der Waals surface area contributed by atoms with Crippen molar-refractivity contribution in [3.63, 3.8) is 0 Å². The third-order valence-electron chi connectivity index (χ3n) is 4.29. The zero-order valence-corrected chi connectivity index (χ0v) is 17.0. The Balaban J connectivity index is 2.69. The SMILES string of the molecule is CCCCCN(CC(=O)Nc1nc(C)cs1)C(=O)[C@@H](CC)CCCC. The summed E-state index contributed by atoms with van der Waals surface area (Å²) >= 11 is 1.41. The molecule has 0 aliphatic heterocycles. The number of amides is 2. The van der Waals surface area contributed by atoms with Crippen molar-refractivity contribution in [2.75, 3.05) is 18.4 Å². The van der Waals surface area contributed by atoms with Crippen molar-refractivity contribution >= 4 is 28.3 Å². The third-order valence-corrected chi connectivity index (χ3v) is 5.17. The summed E-state index contributed by atoms with van der Waals surface area (Å²) in [6.07, 6.45) is 6.99. The number of unbranched alkanes of at least 4 members (excludes halogenated alkanes) is 3. The number of rotatable bonds is 12. The number of thiazole rings is 1. The Morgan fingerprint density at radius 3 is 2.48 bits per heavy atom. The molecule has 0 bridgehead atoms. The fraction of sp³-hybridized carbons (Fsp3) is 0.737. The minimum atomic E-state index is -0.162. The van der Waals surface area contributed by atoms with Crippen molar-refractivity contribution in [1.82, 2.24) is 9.88 Å². The van der Waals surface area contributed by atoms with Crippen LogP contribution in [0.15, 0.2) is 5.38 Å². The molecule has 0 saturated carbocycles. The van der Waals surface area contributed by atoms with Crippen LogP contribution in [0.2, 0.25) is 0 Å². The van der Waals surface area contributed by atoms with Crippen LogP contribution in [0, 0.1) is 12.8 Å². The normalized spacial score (nSPS) is 12.0. The molecule has 0 aliphatic rings. The molecule has 6 heteroatoms. The second kappa shape index (κ2) is 12.0. The highest BCUT2D eigenvalue weighted by Gasteiger charge is 2.24. The highest BCUT2D eigenvalue weighted by atomic mass is 32.1. The highest BCUT2D eigenvalue weighted by molar-refractivity contribution is 7.13. The average molecular weight is 368 g/mol. The second-order valence-electron chi connectivity index (χ2n) is 6.56. The summed E-state index contributed by atoms with van der Waals surface area (Å²) in [5, 5.41) is 5.31. The van der Waals surface area contributed by atoms with Gasteiger partial charge in [-0.25, -0.2) is 4.98 Å². The van der Waals surface area contributed by atoms with Crippen LogP contribution in [0.4, 0.5) is 5.13 Å². The van der Waals surface area contributed by atoms with E-state index in [4.69, 9.17) is 0 Å². The molecule has 142 valence electrons. The number of hydrogen-bond donors (Lipinski definition) is 1.